The Kier molecular flexibility index (Phi) is 5.69. The number of hydrogen-bond acceptors (Lipinski definition) is 4. The van der Waals surface area contributed by atoms with E-state index in [4.69, 9.17) is 4.74 Å². The van der Waals surface area contributed by atoms with Crippen LogP contribution in [-0.2, 0) is 11.5 Å². The predicted octanol–water partition coefficient (Wildman–Crippen LogP) is 3.94. The highest BCUT2D eigenvalue weighted by Crippen LogP contribution is 2.16. The van der Waals surface area contributed by atoms with Crippen LogP contribution in [-0.4, -0.2) is 30.0 Å². The minimum absolute atomic E-state index is 0.0309. The molecule has 1 heterocycles. The fourth-order valence-corrected chi connectivity index (χ4v) is 2.91. The van der Waals surface area contributed by atoms with Gasteiger partial charge in [0.05, 0.1) is 10.6 Å². The van der Waals surface area contributed by atoms with Crippen LogP contribution in [0.25, 0.3) is 0 Å². The number of rotatable bonds is 8. The molecule has 0 amide bonds. The molecule has 0 spiro atoms. The number of carbonyl (C=O) groups is 1. The van der Waals surface area contributed by atoms with E-state index in [2.05, 4.69) is 19.6 Å². The van der Waals surface area contributed by atoms with Crippen molar-refractivity contribution in [3.8, 4) is 0 Å². The summed E-state index contributed by atoms with van der Waals surface area (Å²) in [6.45, 7) is 7.87. The fourth-order valence-electron chi connectivity index (χ4n) is 2.16. The maximum absolute atomic E-state index is 12.6. The number of carbonyl (C=O) groups excluding carboxylic acids is 1. The van der Waals surface area contributed by atoms with Gasteiger partial charge in [-0.25, -0.2) is 0 Å². The summed E-state index contributed by atoms with van der Waals surface area (Å²) in [4.78, 5) is 22.8. The maximum atomic E-state index is 12.6. The van der Waals surface area contributed by atoms with Gasteiger partial charge >= 0.3 is 0 Å². The first-order chi connectivity index (χ1) is 11.3. The van der Waals surface area contributed by atoms with Crippen LogP contribution in [0.2, 0.25) is 25.7 Å². The van der Waals surface area contributed by atoms with Crippen molar-refractivity contribution in [2.75, 3.05) is 6.61 Å². The molecule has 0 aliphatic rings. The second kappa shape index (κ2) is 7.54. The maximum Gasteiger partial charge on any atom is 0.269 e. The van der Waals surface area contributed by atoms with Crippen LogP contribution in [0.15, 0.2) is 42.6 Å². The summed E-state index contributed by atoms with van der Waals surface area (Å²) in [7, 11) is -1.14. The van der Waals surface area contributed by atoms with Gasteiger partial charge in [0.15, 0.2) is 0 Å². The normalized spacial score (nSPS) is 11.5. The van der Waals surface area contributed by atoms with Crippen molar-refractivity contribution in [3.05, 3.63) is 64.0 Å². The molecule has 1 aromatic carbocycles. The third-order valence-corrected chi connectivity index (χ3v) is 5.33. The van der Waals surface area contributed by atoms with Gasteiger partial charge in [-0.15, -0.1) is 0 Å². The topological polar surface area (TPSA) is 74.4 Å². The van der Waals surface area contributed by atoms with Crippen LogP contribution >= 0.6 is 0 Å². The molecule has 0 aliphatic heterocycles. The molecule has 0 atom stereocenters. The zero-order valence-electron chi connectivity index (χ0n) is 14.2. The van der Waals surface area contributed by atoms with Gasteiger partial charge in [-0.2, -0.15) is 0 Å². The number of benzene rings is 1. The molecule has 0 bridgehead atoms. The Morgan fingerprint density at radius 3 is 2.46 bits per heavy atom. The molecule has 7 heteroatoms. The van der Waals surface area contributed by atoms with E-state index in [9.17, 15) is 14.9 Å². The lowest BCUT2D eigenvalue weighted by molar-refractivity contribution is -0.384. The highest BCUT2D eigenvalue weighted by Gasteiger charge is 2.16. The molecule has 0 N–H and O–H groups in total. The monoisotopic (exact) mass is 346 g/mol. The summed E-state index contributed by atoms with van der Waals surface area (Å²) in [6, 6.07) is 10.2. The van der Waals surface area contributed by atoms with E-state index >= 15 is 0 Å². The third-order valence-electron chi connectivity index (χ3n) is 3.63. The SMILES string of the molecule is C[Si](C)(C)CCOCn1cccc1C(=O)c1ccc([N+](=O)[O-])cc1. The molecule has 6 nitrogen and oxygen atoms in total. The number of ketones is 1. The van der Waals surface area contributed by atoms with Gasteiger partial charge in [0, 0.05) is 38.6 Å². The van der Waals surface area contributed by atoms with Gasteiger partial charge < -0.3 is 9.30 Å². The van der Waals surface area contributed by atoms with Crippen molar-refractivity contribution in [1.29, 1.82) is 0 Å². The largest absolute Gasteiger partial charge is 0.361 e. The minimum atomic E-state index is -1.14. The Morgan fingerprint density at radius 1 is 1.21 bits per heavy atom. The standard InChI is InChI=1S/C17H22N2O4Si/c1-24(2,3)12-11-23-13-18-10-4-5-16(18)17(20)14-6-8-15(9-7-14)19(21)22/h4-10H,11-13H2,1-3H3. The Morgan fingerprint density at radius 2 is 1.88 bits per heavy atom. The van der Waals surface area contributed by atoms with E-state index < -0.39 is 13.0 Å². The number of ether oxygens (including phenoxy) is 1. The zero-order chi connectivity index (χ0) is 17.7. The van der Waals surface area contributed by atoms with Gasteiger partial charge in [0.2, 0.25) is 5.78 Å². The molecule has 0 radical (unpaired) electrons. The summed E-state index contributed by atoms with van der Waals surface area (Å²) >= 11 is 0. The van der Waals surface area contributed by atoms with Gasteiger partial charge in [-0.05, 0) is 30.3 Å². The average molecular weight is 346 g/mol. The third kappa shape index (κ3) is 4.87. The summed E-state index contributed by atoms with van der Waals surface area (Å²) in [5.41, 5.74) is 0.899. The van der Waals surface area contributed by atoms with E-state index in [0.29, 0.717) is 24.6 Å². The molecule has 2 rings (SSSR count). The number of nitro benzene ring substituents is 1. The smallest absolute Gasteiger partial charge is 0.269 e. The summed E-state index contributed by atoms with van der Waals surface area (Å²) in [5, 5.41) is 10.7. The number of hydrogen-bond donors (Lipinski definition) is 0. The first-order valence-corrected chi connectivity index (χ1v) is 11.5. The Bertz CT molecular complexity index is 717. The molecule has 0 aliphatic carbocycles. The van der Waals surface area contributed by atoms with Crippen LogP contribution in [0.1, 0.15) is 16.1 Å². The van der Waals surface area contributed by atoms with Crippen molar-refractivity contribution in [3.63, 3.8) is 0 Å². The van der Waals surface area contributed by atoms with Crippen LogP contribution < -0.4 is 0 Å². The second-order valence-electron chi connectivity index (χ2n) is 6.84. The molecular formula is C17H22N2O4Si. The predicted molar refractivity (Wildman–Crippen MR) is 95.1 cm³/mol. The van der Waals surface area contributed by atoms with Gasteiger partial charge in [-0.1, -0.05) is 19.6 Å². The van der Waals surface area contributed by atoms with E-state index in [0.717, 1.165) is 6.04 Å². The van der Waals surface area contributed by atoms with Gasteiger partial charge in [-0.3, -0.25) is 14.9 Å². The van der Waals surface area contributed by atoms with Gasteiger partial charge in [0.1, 0.15) is 6.73 Å². The van der Waals surface area contributed by atoms with Crippen molar-refractivity contribution < 1.29 is 14.5 Å². The highest BCUT2D eigenvalue weighted by atomic mass is 28.3. The highest BCUT2D eigenvalue weighted by molar-refractivity contribution is 6.76. The fraction of sp³-hybridized carbons (Fsp3) is 0.353. The minimum Gasteiger partial charge on any atom is -0.361 e. The molecule has 24 heavy (non-hydrogen) atoms. The van der Waals surface area contributed by atoms with E-state index in [-0.39, 0.29) is 11.5 Å². The molecule has 0 unspecified atom stereocenters. The lowest BCUT2D eigenvalue weighted by Crippen LogP contribution is -2.22. The second-order valence-corrected chi connectivity index (χ2v) is 12.5. The Balaban J connectivity index is 2.03. The molecule has 1 aromatic heterocycles. The molecule has 2 aromatic rings. The first kappa shape index (κ1) is 18.1. The molecule has 0 saturated carbocycles. The summed E-state index contributed by atoms with van der Waals surface area (Å²) in [6.07, 6.45) is 1.80. The van der Waals surface area contributed by atoms with Crippen LogP contribution in [0.4, 0.5) is 5.69 Å². The number of nitro groups is 1. The molecule has 0 saturated heterocycles. The number of non-ortho nitro benzene ring substituents is 1. The molecule has 128 valence electrons. The first-order valence-electron chi connectivity index (χ1n) is 7.80. The van der Waals surface area contributed by atoms with Crippen molar-refractivity contribution >= 4 is 19.5 Å². The lowest BCUT2D eigenvalue weighted by atomic mass is 10.1. The molecule has 0 fully saturated rings. The van der Waals surface area contributed by atoms with E-state index in [1.165, 1.54) is 24.3 Å². The average Bonchev–Trinajstić information content (AvgIpc) is 2.98. The number of aromatic nitrogens is 1. The van der Waals surface area contributed by atoms with E-state index in [1.807, 2.05) is 0 Å². The summed E-state index contributed by atoms with van der Waals surface area (Å²) in [5.74, 6) is -0.177. The Hall–Kier alpha value is -2.25. The van der Waals surface area contributed by atoms with Crippen LogP contribution in [0.5, 0.6) is 0 Å². The Labute approximate surface area is 142 Å². The quantitative estimate of drug-likeness (QED) is 0.238. The molecular weight excluding hydrogens is 324 g/mol. The van der Waals surface area contributed by atoms with Crippen molar-refractivity contribution in [1.82, 2.24) is 4.57 Å². The van der Waals surface area contributed by atoms with Crippen LogP contribution in [0.3, 0.4) is 0 Å². The lowest BCUT2D eigenvalue weighted by Gasteiger charge is -2.16. The van der Waals surface area contributed by atoms with Crippen molar-refractivity contribution in [2.45, 2.75) is 32.4 Å². The van der Waals surface area contributed by atoms with Gasteiger partial charge in [0.25, 0.3) is 5.69 Å². The van der Waals surface area contributed by atoms with Crippen LogP contribution in [0, 0.1) is 10.1 Å². The zero-order valence-corrected chi connectivity index (χ0v) is 15.2. The van der Waals surface area contributed by atoms with Crippen molar-refractivity contribution in [2.24, 2.45) is 0 Å². The van der Waals surface area contributed by atoms with E-state index in [1.54, 1.807) is 22.9 Å². The summed E-state index contributed by atoms with van der Waals surface area (Å²) < 4.78 is 7.45. The number of nitrogens with zero attached hydrogens (tertiary/aromatic N) is 2.